The largest absolute Gasteiger partial charge is 0.352 e. The second kappa shape index (κ2) is 9.10. The van der Waals surface area contributed by atoms with Crippen molar-refractivity contribution in [1.29, 1.82) is 0 Å². The predicted molar refractivity (Wildman–Crippen MR) is 157 cm³/mol. The third kappa shape index (κ3) is 3.50. The number of hydrogen-bond acceptors (Lipinski definition) is 4. The number of hydrogen-bond donors (Lipinski definition) is 1. The molecule has 1 amide bonds. The number of carbonyl (C=O) groups is 3. The summed E-state index contributed by atoms with van der Waals surface area (Å²) in [4.78, 5) is 45.7. The van der Waals surface area contributed by atoms with Crippen LogP contribution in [0.25, 0.3) is 5.57 Å². The first-order valence-corrected chi connectivity index (χ1v) is 13.7. The molecular formula is C35H27FN2O3. The van der Waals surface area contributed by atoms with Gasteiger partial charge in [0.15, 0.2) is 11.6 Å². The quantitative estimate of drug-likeness (QED) is 0.304. The van der Waals surface area contributed by atoms with Crippen molar-refractivity contribution in [2.45, 2.75) is 31.3 Å². The van der Waals surface area contributed by atoms with E-state index in [9.17, 15) is 18.8 Å². The maximum absolute atomic E-state index is 14.7. The number of halogens is 1. The Morgan fingerprint density at radius 1 is 0.829 bits per heavy atom. The SMILES string of the molecule is CC1=C[C@H]2N(c3ccc(C)cc31)[C@H](C(=O)c1ccccc1)[C@@H](C(=O)c1ccc(F)cc1)[C@]21C(=O)Nc2ccccc21. The number of nitrogens with one attached hydrogen (secondary N) is 1. The molecule has 0 aliphatic carbocycles. The summed E-state index contributed by atoms with van der Waals surface area (Å²) >= 11 is 0. The van der Waals surface area contributed by atoms with Gasteiger partial charge in [0.25, 0.3) is 0 Å². The van der Waals surface area contributed by atoms with Crippen LogP contribution in [0.4, 0.5) is 15.8 Å². The molecule has 41 heavy (non-hydrogen) atoms. The van der Waals surface area contributed by atoms with Crippen LogP contribution in [0.5, 0.6) is 0 Å². The number of rotatable bonds is 4. The number of Topliss-reactive ketones (excluding diaryl/α,β-unsaturated/α-hetero) is 2. The third-order valence-electron chi connectivity index (χ3n) is 8.87. The molecular weight excluding hydrogens is 515 g/mol. The minimum Gasteiger partial charge on any atom is -0.352 e. The minimum absolute atomic E-state index is 0.246. The number of carbonyl (C=O) groups excluding carboxylic acids is 3. The van der Waals surface area contributed by atoms with E-state index in [0.29, 0.717) is 16.8 Å². The highest BCUT2D eigenvalue weighted by molar-refractivity contribution is 6.18. The minimum atomic E-state index is -1.40. The Hall–Kier alpha value is -4.84. The van der Waals surface area contributed by atoms with Gasteiger partial charge in [-0.05, 0) is 67.4 Å². The maximum atomic E-state index is 14.7. The number of nitrogens with zero attached hydrogens (tertiary/aromatic N) is 1. The van der Waals surface area contributed by atoms with Crippen LogP contribution in [0.3, 0.4) is 0 Å². The van der Waals surface area contributed by atoms with Crippen LogP contribution in [-0.4, -0.2) is 29.6 Å². The summed E-state index contributed by atoms with van der Waals surface area (Å²) in [5.74, 6) is -2.50. The number of aryl methyl sites for hydroxylation is 1. The highest BCUT2D eigenvalue weighted by Gasteiger charge is 2.70. The highest BCUT2D eigenvalue weighted by atomic mass is 19.1. The van der Waals surface area contributed by atoms with Gasteiger partial charge in [-0.1, -0.05) is 66.2 Å². The zero-order valence-corrected chi connectivity index (χ0v) is 22.6. The van der Waals surface area contributed by atoms with E-state index < -0.39 is 29.2 Å². The third-order valence-corrected chi connectivity index (χ3v) is 8.87. The molecule has 1 N–H and O–H groups in total. The second-order valence-corrected chi connectivity index (χ2v) is 11.1. The number of ketones is 2. The van der Waals surface area contributed by atoms with E-state index in [0.717, 1.165) is 22.4 Å². The lowest BCUT2D eigenvalue weighted by molar-refractivity contribution is -0.121. The smallest absolute Gasteiger partial charge is 0.238 e. The van der Waals surface area contributed by atoms with Crippen molar-refractivity contribution in [1.82, 2.24) is 0 Å². The molecule has 5 nitrogen and oxygen atoms in total. The molecule has 4 aromatic carbocycles. The molecule has 0 radical (unpaired) electrons. The standard InChI is InChI=1S/C35H27FN2O3/c1-20-12-17-28-25(18-20)21(2)19-29-35(26-10-6-7-11-27(26)37-34(35)41)30(32(39)23-13-15-24(36)16-14-23)31(38(28)29)33(40)22-8-4-3-5-9-22/h3-19,29-31H,1-2H3,(H,37,41)/t29-,30+,31+,35-/m1/s1. The monoisotopic (exact) mass is 542 g/mol. The average Bonchev–Trinajstić information content (AvgIpc) is 3.45. The van der Waals surface area contributed by atoms with Crippen LogP contribution in [0, 0.1) is 18.7 Å². The molecule has 7 rings (SSSR count). The van der Waals surface area contributed by atoms with Gasteiger partial charge < -0.3 is 10.2 Å². The second-order valence-electron chi connectivity index (χ2n) is 11.1. The summed E-state index contributed by atoms with van der Waals surface area (Å²) in [6.07, 6.45) is 2.03. The Morgan fingerprint density at radius 3 is 2.27 bits per heavy atom. The number of amides is 1. The predicted octanol–water partition coefficient (Wildman–Crippen LogP) is 6.38. The van der Waals surface area contributed by atoms with Gasteiger partial charge in [0.2, 0.25) is 5.91 Å². The fourth-order valence-corrected chi connectivity index (χ4v) is 7.11. The van der Waals surface area contributed by atoms with Crippen LogP contribution in [-0.2, 0) is 10.2 Å². The molecule has 1 spiro atoms. The lowest BCUT2D eigenvalue weighted by Crippen LogP contribution is -2.51. The molecule has 4 aromatic rings. The zero-order valence-electron chi connectivity index (χ0n) is 22.6. The zero-order chi connectivity index (χ0) is 28.5. The van der Waals surface area contributed by atoms with Crippen molar-refractivity contribution in [3.8, 4) is 0 Å². The fourth-order valence-electron chi connectivity index (χ4n) is 7.11. The van der Waals surface area contributed by atoms with E-state index in [1.165, 1.54) is 24.3 Å². The van der Waals surface area contributed by atoms with Crippen molar-refractivity contribution >= 4 is 34.4 Å². The Balaban J connectivity index is 1.56. The molecule has 0 aromatic heterocycles. The highest BCUT2D eigenvalue weighted by Crippen LogP contribution is 2.58. The van der Waals surface area contributed by atoms with Gasteiger partial charge in [0, 0.05) is 28.1 Å². The van der Waals surface area contributed by atoms with Gasteiger partial charge in [0.1, 0.15) is 17.3 Å². The molecule has 0 unspecified atom stereocenters. The van der Waals surface area contributed by atoms with Crippen molar-refractivity contribution in [2.24, 2.45) is 5.92 Å². The van der Waals surface area contributed by atoms with Gasteiger partial charge in [-0.15, -0.1) is 0 Å². The number of allylic oxidation sites excluding steroid dienone is 1. The van der Waals surface area contributed by atoms with E-state index in [4.69, 9.17) is 0 Å². The van der Waals surface area contributed by atoms with E-state index in [-0.39, 0.29) is 23.0 Å². The fraction of sp³-hybridized carbons (Fsp3) is 0.171. The van der Waals surface area contributed by atoms with Crippen LogP contribution >= 0.6 is 0 Å². The Morgan fingerprint density at radius 2 is 1.51 bits per heavy atom. The lowest BCUT2D eigenvalue weighted by Gasteiger charge is -2.39. The molecule has 0 bridgehead atoms. The van der Waals surface area contributed by atoms with Crippen LogP contribution in [0.15, 0.2) is 103 Å². The van der Waals surface area contributed by atoms with E-state index in [1.54, 1.807) is 24.3 Å². The first-order valence-electron chi connectivity index (χ1n) is 13.7. The summed E-state index contributed by atoms with van der Waals surface area (Å²) in [6.45, 7) is 4.02. The number of anilines is 2. The van der Waals surface area contributed by atoms with Gasteiger partial charge in [0.05, 0.1) is 12.0 Å². The maximum Gasteiger partial charge on any atom is 0.238 e. The van der Waals surface area contributed by atoms with Gasteiger partial charge >= 0.3 is 0 Å². The van der Waals surface area contributed by atoms with Crippen LogP contribution < -0.4 is 10.2 Å². The molecule has 0 saturated carbocycles. The molecule has 3 heterocycles. The normalized spacial score (nSPS) is 23.9. The number of fused-ring (bicyclic) bond motifs is 6. The summed E-state index contributed by atoms with van der Waals surface area (Å²) in [5, 5.41) is 3.04. The van der Waals surface area contributed by atoms with Gasteiger partial charge in [-0.2, -0.15) is 0 Å². The number of para-hydroxylation sites is 1. The molecule has 1 saturated heterocycles. The van der Waals surface area contributed by atoms with Gasteiger partial charge in [-0.25, -0.2) is 4.39 Å². The molecule has 3 aliphatic heterocycles. The van der Waals surface area contributed by atoms with Crippen molar-refractivity contribution in [2.75, 3.05) is 10.2 Å². The Bertz CT molecular complexity index is 1780. The summed E-state index contributed by atoms with van der Waals surface area (Å²) in [5.41, 5.74) is 4.43. The van der Waals surface area contributed by atoms with Crippen LogP contribution in [0.2, 0.25) is 0 Å². The first-order chi connectivity index (χ1) is 19.8. The number of benzene rings is 4. The van der Waals surface area contributed by atoms with E-state index in [2.05, 4.69) is 11.4 Å². The first kappa shape index (κ1) is 25.1. The summed E-state index contributed by atoms with van der Waals surface area (Å²) in [6, 6.07) is 26.1. The van der Waals surface area contributed by atoms with Crippen molar-refractivity contribution < 1.29 is 18.8 Å². The average molecular weight is 543 g/mol. The summed E-state index contributed by atoms with van der Waals surface area (Å²) in [7, 11) is 0. The van der Waals surface area contributed by atoms with Crippen molar-refractivity contribution in [3.05, 3.63) is 137 Å². The Kier molecular flexibility index (Phi) is 5.58. The molecule has 4 atom stereocenters. The molecule has 202 valence electrons. The van der Waals surface area contributed by atoms with Crippen molar-refractivity contribution in [3.63, 3.8) is 0 Å². The topological polar surface area (TPSA) is 66.5 Å². The molecule has 1 fully saturated rings. The van der Waals surface area contributed by atoms with E-state index >= 15 is 0 Å². The van der Waals surface area contributed by atoms with Gasteiger partial charge in [-0.3, -0.25) is 14.4 Å². The van der Waals surface area contributed by atoms with E-state index in [1.807, 2.05) is 67.3 Å². The Labute approximate surface area is 237 Å². The lowest BCUT2D eigenvalue weighted by atomic mass is 9.64. The van der Waals surface area contributed by atoms with Crippen LogP contribution in [0.1, 0.15) is 44.3 Å². The summed E-state index contributed by atoms with van der Waals surface area (Å²) < 4.78 is 13.9. The molecule has 6 heteroatoms. The molecule has 3 aliphatic rings.